The van der Waals surface area contributed by atoms with Crippen LogP contribution in [0.2, 0.25) is 0 Å². The second kappa shape index (κ2) is 11.2. The van der Waals surface area contributed by atoms with E-state index in [4.69, 9.17) is 18.9 Å². The van der Waals surface area contributed by atoms with E-state index in [0.29, 0.717) is 42.4 Å². The van der Waals surface area contributed by atoms with Crippen LogP contribution in [0.4, 0.5) is 4.79 Å². The second-order valence-corrected chi connectivity index (χ2v) is 8.52. The van der Waals surface area contributed by atoms with Gasteiger partial charge in [-0.25, -0.2) is 9.59 Å². The van der Waals surface area contributed by atoms with Crippen molar-refractivity contribution in [2.75, 3.05) is 35.0 Å². The summed E-state index contributed by atoms with van der Waals surface area (Å²) < 4.78 is 21.9. The molecule has 0 saturated heterocycles. The van der Waals surface area contributed by atoms with Crippen molar-refractivity contribution in [3.8, 4) is 23.0 Å². The summed E-state index contributed by atoms with van der Waals surface area (Å²) in [5, 5.41) is 12.5. The summed E-state index contributed by atoms with van der Waals surface area (Å²) in [6, 6.07) is 7.35. The molecule has 0 bridgehead atoms. The fourth-order valence-electron chi connectivity index (χ4n) is 4.45. The lowest BCUT2D eigenvalue weighted by Crippen LogP contribution is -2.53. The maximum atomic E-state index is 13.5. The van der Waals surface area contributed by atoms with Crippen molar-refractivity contribution in [3.05, 3.63) is 47.0 Å². The summed E-state index contributed by atoms with van der Waals surface area (Å²) in [6.07, 6.45) is 1.20. The average molecular weight is 487 g/mol. The van der Waals surface area contributed by atoms with Gasteiger partial charge in [-0.15, -0.1) is 0 Å². The third-order valence-electron chi connectivity index (χ3n) is 6.62. The average Bonchev–Trinajstić information content (AvgIpc) is 2.88. The van der Waals surface area contributed by atoms with Crippen LogP contribution in [0.5, 0.6) is 23.0 Å². The van der Waals surface area contributed by atoms with Gasteiger partial charge in [-0.1, -0.05) is 26.3 Å². The van der Waals surface area contributed by atoms with Gasteiger partial charge in [0.25, 0.3) is 0 Å². The highest BCUT2D eigenvalue weighted by Crippen LogP contribution is 2.42. The van der Waals surface area contributed by atoms with Crippen LogP contribution in [0.3, 0.4) is 0 Å². The van der Waals surface area contributed by atoms with Crippen LogP contribution < -0.4 is 24.3 Å². The molecule has 0 fully saturated rings. The Morgan fingerprint density at radius 1 is 1.00 bits per heavy atom. The number of hydrogen-bond donors (Lipinski definition) is 2. The number of methoxy groups -OCH3 is 4. The third kappa shape index (κ3) is 5.23. The van der Waals surface area contributed by atoms with Gasteiger partial charge in [0.15, 0.2) is 23.0 Å². The molecule has 2 N–H and O–H groups in total. The second-order valence-electron chi connectivity index (χ2n) is 8.52. The normalized spacial score (nSPS) is 16.5. The first kappa shape index (κ1) is 26.0. The number of nitrogens with zero attached hydrogens (tertiary/aromatic N) is 1. The van der Waals surface area contributed by atoms with Gasteiger partial charge in [0.2, 0.25) is 0 Å². The van der Waals surface area contributed by atoms with E-state index in [-0.39, 0.29) is 5.92 Å². The molecule has 9 nitrogen and oxygen atoms in total. The highest BCUT2D eigenvalue weighted by Gasteiger charge is 2.36. The fourth-order valence-corrected chi connectivity index (χ4v) is 4.45. The van der Waals surface area contributed by atoms with Crippen LogP contribution in [0.25, 0.3) is 0 Å². The monoisotopic (exact) mass is 486 g/mol. The first-order valence-electron chi connectivity index (χ1n) is 11.6. The van der Waals surface area contributed by atoms with Gasteiger partial charge < -0.3 is 34.3 Å². The fraction of sp³-hybridized carbons (Fsp3) is 0.462. The van der Waals surface area contributed by atoms with Crippen LogP contribution in [-0.4, -0.2) is 63.0 Å². The number of aliphatic carboxylic acids is 1. The van der Waals surface area contributed by atoms with Crippen LogP contribution in [0.15, 0.2) is 30.3 Å². The molecule has 35 heavy (non-hydrogen) atoms. The molecule has 190 valence electrons. The van der Waals surface area contributed by atoms with Gasteiger partial charge in [-0.05, 0) is 53.3 Å². The van der Waals surface area contributed by atoms with Gasteiger partial charge in [0.1, 0.15) is 6.04 Å². The molecule has 0 aromatic heterocycles. The Balaban J connectivity index is 2.12. The van der Waals surface area contributed by atoms with Crippen molar-refractivity contribution in [1.82, 2.24) is 10.2 Å². The molecule has 1 heterocycles. The minimum absolute atomic E-state index is 0.225. The zero-order valence-electron chi connectivity index (χ0n) is 21.1. The summed E-state index contributed by atoms with van der Waals surface area (Å²) in [4.78, 5) is 27.1. The Morgan fingerprint density at radius 2 is 1.60 bits per heavy atom. The van der Waals surface area contributed by atoms with Crippen molar-refractivity contribution in [2.24, 2.45) is 5.92 Å². The molecule has 0 unspecified atom stereocenters. The molecule has 0 spiro atoms. The predicted molar refractivity (Wildman–Crippen MR) is 131 cm³/mol. The van der Waals surface area contributed by atoms with Gasteiger partial charge in [0, 0.05) is 6.54 Å². The van der Waals surface area contributed by atoms with Gasteiger partial charge in [-0.2, -0.15) is 0 Å². The molecule has 3 atom stereocenters. The lowest BCUT2D eigenvalue weighted by molar-refractivity contribution is -0.140. The number of carboxylic acids is 1. The maximum absolute atomic E-state index is 13.5. The van der Waals surface area contributed by atoms with Gasteiger partial charge >= 0.3 is 12.0 Å². The Labute approximate surface area is 205 Å². The van der Waals surface area contributed by atoms with E-state index in [1.54, 1.807) is 39.4 Å². The number of carbonyl (C=O) groups excluding carboxylic acids is 1. The highest BCUT2D eigenvalue weighted by atomic mass is 16.5. The van der Waals surface area contributed by atoms with Gasteiger partial charge in [0.05, 0.1) is 34.5 Å². The molecule has 0 radical (unpaired) electrons. The number of ether oxygens (including phenoxy) is 4. The largest absolute Gasteiger partial charge is 0.493 e. The first-order chi connectivity index (χ1) is 16.8. The van der Waals surface area contributed by atoms with Crippen LogP contribution in [-0.2, 0) is 11.2 Å². The number of fused-ring (bicyclic) bond motifs is 1. The van der Waals surface area contributed by atoms with E-state index in [1.807, 2.05) is 38.1 Å². The first-order valence-corrected chi connectivity index (χ1v) is 11.6. The SMILES string of the molecule is CC[C@@H](C)[C@H](NC(=O)N1CCc2cc(OC)c(OC)cc2[C@H]1c1ccc(OC)c(OC)c1)C(=O)O. The maximum Gasteiger partial charge on any atom is 0.326 e. The summed E-state index contributed by atoms with van der Waals surface area (Å²) >= 11 is 0. The molecule has 3 rings (SSSR count). The Hall–Kier alpha value is -3.62. The number of rotatable bonds is 9. The standard InChI is InChI=1S/C26H34N2O7/c1-7-15(2)23(25(29)30)27-26(31)28-11-10-16-12-21(34-5)22(35-6)14-18(16)24(28)17-8-9-19(32-3)20(13-17)33-4/h8-9,12-15,23-24H,7,10-11H2,1-6H3,(H,27,31)(H,29,30)/t15-,23+,24-/m1/s1. The molecule has 0 aliphatic carbocycles. The Bertz CT molecular complexity index is 1070. The quantitative estimate of drug-likeness (QED) is 0.554. The minimum atomic E-state index is -1.06. The molecule has 9 heteroatoms. The lowest BCUT2D eigenvalue weighted by Gasteiger charge is -2.39. The topological polar surface area (TPSA) is 107 Å². The van der Waals surface area contributed by atoms with Crippen molar-refractivity contribution in [3.63, 3.8) is 0 Å². The number of nitrogens with one attached hydrogen (secondary N) is 1. The molecular weight excluding hydrogens is 452 g/mol. The molecule has 2 amide bonds. The molecule has 2 aromatic carbocycles. The predicted octanol–water partition coefficient (Wildman–Crippen LogP) is 3.88. The van der Waals surface area contributed by atoms with E-state index >= 15 is 0 Å². The van der Waals surface area contributed by atoms with Crippen molar-refractivity contribution >= 4 is 12.0 Å². The highest BCUT2D eigenvalue weighted by molar-refractivity contribution is 5.83. The number of hydrogen-bond acceptors (Lipinski definition) is 6. The Kier molecular flexibility index (Phi) is 8.32. The van der Waals surface area contributed by atoms with E-state index in [1.165, 1.54) is 0 Å². The van der Waals surface area contributed by atoms with Crippen LogP contribution in [0, 0.1) is 5.92 Å². The number of amides is 2. The number of urea groups is 1. The molecular formula is C26H34N2O7. The summed E-state index contributed by atoms with van der Waals surface area (Å²) in [7, 11) is 6.26. The molecule has 0 saturated carbocycles. The molecule has 2 aromatic rings. The van der Waals surface area contributed by atoms with E-state index < -0.39 is 24.1 Å². The zero-order valence-corrected chi connectivity index (χ0v) is 21.1. The van der Waals surface area contributed by atoms with Crippen LogP contribution >= 0.6 is 0 Å². The lowest BCUT2D eigenvalue weighted by atomic mass is 9.87. The molecule has 1 aliphatic heterocycles. The number of carbonyl (C=O) groups is 2. The van der Waals surface area contributed by atoms with E-state index in [0.717, 1.165) is 16.7 Å². The van der Waals surface area contributed by atoms with E-state index in [9.17, 15) is 14.7 Å². The summed E-state index contributed by atoms with van der Waals surface area (Å²) in [5.74, 6) is 0.968. The Morgan fingerprint density at radius 3 is 2.17 bits per heavy atom. The summed E-state index contributed by atoms with van der Waals surface area (Å²) in [6.45, 7) is 4.10. The zero-order chi connectivity index (χ0) is 25.7. The van der Waals surface area contributed by atoms with E-state index in [2.05, 4.69) is 5.32 Å². The van der Waals surface area contributed by atoms with Crippen molar-refractivity contribution in [2.45, 2.75) is 38.8 Å². The smallest absolute Gasteiger partial charge is 0.326 e. The summed E-state index contributed by atoms with van der Waals surface area (Å²) in [5.41, 5.74) is 2.68. The number of benzene rings is 2. The van der Waals surface area contributed by atoms with Crippen molar-refractivity contribution < 1.29 is 33.6 Å². The third-order valence-corrected chi connectivity index (χ3v) is 6.62. The minimum Gasteiger partial charge on any atom is -0.493 e. The van der Waals surface area contributed by atoms with Crippen molar-refractivity contribution in [1.29, 1.82) is 0 Å². The number of carboxylic acid groups (broad SMARTS) is 1. The van der Waals surface area contributed by atoms with Gasteiger partial charge in [-0.3, -0.25) is 0 Å². The van der Waals surface area contributed by atoms with Crippen LogP contribution in [0.1, 0.15) is 43.0 Å². The molecule has 1 aliphatic rings.